The Morgan fingerprint density at radius 2 is 2.00 bits per heavy atom. The number of hydrogen-bond acceptors (Lipinski definition) is 2. The van der Waals surface area contributed by atoms with Gasteiger partial charge in [-0.2, -0.15) is 0 Å². The summed E-state index contributed by atoms with van der Waals surface area (Å²) in [5, 5.41) is 11.0. The second-order valence-corrected chi connectivity index (χ2v) is 4.82. The Kier molecular flexibility index (Phi) is 5.44. The summed E-state index contributed by atoms with van der Waals surface area (Å²) >= 11 is 6.09. The van der Waals surface area contributed by atoms with Crippen LogP contribution in [0.4, 0.5) is 0 Å². The summed E-state index contributed by atoms with van der Waals surface area (Å²) in [5.41, 5.74) is 0.453. The maximum atomic E-state index is 10.3. The van der Waals surface area contributed by atoms with Crippen LogP contribution in [0.25, 0.3) is 0 Å². The second-order valence-electron chi connectivity index (χ2n) is 4.41. The molecule has 0 radical (unpaired) electrons. The van der Waals surface area contributed by atoms with Gasteiger partial charge in [0.05, 0.1) is 11.7 Å². The van der Waals surface area contributed by atoms with Crippen LogP contribution < -0.4 is 0 Å². The highest BCUT2D eigenvalue weighted by Gasteiger charge is 2.32. The van der Waals surface area contributed by atoms with Gasteiger partial charge in [-0.1, -0.05) is 36.7 Å². The van der Waals surface area contributed by atoms with Gasteiger partial charge in [0.2, 0.25) is 0 Å². The number of aliphatic hydroxyl groups is 1. The molecule has 2 unspecified atom stereocenters. The van der Waals surface area contributed by atoms with E-state index in [1.54, 1.807) is 0 Å². The standard InChI is InChI=1S/C14H21ClO2/c1-4-14(3,17-5-2)13(16)10-11-8-6-7-9-12(11)15/h6-9,13,16H,4-5,10H2,1-3H3. The van der Waals surface area contributed by atoms with E-state index < -0.39 is 11.7 Å². The summed E-state index contributed by atoms with van der Waals surface area (Å²) in [4.78, 5) is 0. The molecule has 0 aliphatic rings. The Hall–Kier alpha value is -0.570. The van der Waals surface area contributed by atoms with Gasteiger partial charge < -0.3 is 9.84 Å². The lowest BCUT2D eigenvalue weighted by atomic mass is 9.90. The van der Waals surface area contributed by atoms with Crippen LogP contribution in [0.1, 0.15) is 32.8 Å². The molecule has 0 spiro atoms. The van der Waals surface area contributed by atoms with Gasteiger partial charge in [0.15, 0.2) is 0 Å². The van der Waals surface area contributed by atoms with Gasteiger partial charge >= 0.3 is 0 Å². The third-order valence-corrected chi connectivity index (χ3v) is 3.62. The first-order valence-electron chi connectivity index (χ1n) is 6.09. The molecular formula is C14H21ClO2. The van der Waals surface area contributed by atoms with Crippen molar-refractivity contribution in [1.82, 2.24) is 0 Å². The summed E-state index contributed by atoms with van der Waals surface area (Å²) in [6, 6.07) is 7.60. The lowest BCUT2D eigenvalue weighted by molar-refractivity contribution is -0.110. The highest BCUT2D eigenvalue weighted by molar-refractivity contribution is 6.31. The Bertz CT molecular complexity index is 354. The van der Waals surface area contributed by atoms with E-state index in [0.717, 1.165) is 12.0 Å². The second kappa shape index (κ2) is 6.39. The molecule has 96 valence electrons. The number of aliphatic hydroxyl groups excluding tert-OH is 1. The van der Waals surface area contributed by atoms with Crippen molar-refractivity contribution >= 4 is 11.6 Å². The van der Waals surface area contributed by atoms with Crippen molar-refractivity contribution in [2.75, 3.05) is 6.61 Å². The molecule has 0 aromatic heterocycles. The lowest BCUT2D eigenvalue weighted by Gasteiger charge is -2.33. The molecule has 0 saturated heterocycles. The topological polar surface area (TPSA) is 29.5 Å². The van der Waals surface area contributed by atoms with Crippen LogP contribution in [-0.2, 0) is 11.2 Å². The zero-order valence-electron chi connectivity index (χ0n) is 10.7. The molecule has 1 rings (SSSR count). The molecule has 0 aliphatic carbocycles. The number of hydrogen-bond donors (Lipinski definition) is 1. The Morgan fingerprint density at radius 3 is 2.53 bits per heavy atom. The summed E-state index contributed by atoms with van der Waals surface area (Å²) in [6.07, 6.45) is 0.739. The van der Waals surface area contributed by atoms with E-state index >= 15 is 0 Å². The molecule has 2 nitrogen and oxygen atoms in total. The van der Waals surface area contributed by atoms with Crippen LogP contribution in [0.2, 0.25) is 5.02 Å². The van der Waals surface area contributed by atoms with Gasteiger partial charge in [-0.3, -0.25) is 0 Å². The maximum Gasteiger partial charge on any atom is 0.0912 e. The van der Waals surface area contributed by atoms with Crippen molar-refractivity contribution < 1.29 is 9.84 Å². The number of ether oxygens (including phenoxy) is 1. The molecule has 1 N–H and O–H groups in total. The molecule has 0 amide bonds. The molecule has 1 aromatic carbocycles. The van der Waals surface area contributed by atoms with Gasteiger partial charge in [0.1, 0.15) is 0 Å². The van der Waals surface area contributed by atoms with E-state index in [1.807, 2.05) is 45.0 Å². The van der Waals surface area contributed by atoms with Crippen LogP contribution >= 0.6 is 11.6 Å². The largest absolute Gasteiger partial charge is 0.390 e. The van der Waals surface area contributed by atoms with Crippen molar-refractivity contribution in [1.29, 1.82) is 0 Å². The fourth-order valence-electron chi connectivity index (χ4n) is 1.85. The minimum atomic E-state index is -0.549. The van der Waals surface area contributed by atoms with E-state index in [-0.39, 0.29) is 0 Å². The molecule has 0 aliphatic heterocycles. The van der Waals surface area contributed by atoms with Crippen LogP contribution in [0.15, 0.2) is 24.3 Å². The zero-order valence-corrected chi connectivity index (χ0v) is 11.5. The predicted molar refractivity (Wildman–Crippen MR) is 71.5 cm³/mol. The van der Waals surface area contributed by atoms with Crippen LogP contribution in [-0.4, -0.2) is 23.4 Å². The first-order chi connectivity index (χ1) is 8.03. The first kappa shape index (κ1) is 14.5. The summed E-state index contributed by atoms with van der Waals surface area (Å²) in [5.74, 6) is 0. The van der Waals surface area contributed by atoms with Gasteiger partial charge in [0.25, 0.3) is 0 Å². The Labute approximate surface area is 109 Å². The summed E-state index contributed by atoms with van der Waals surface area (Å²) in [6.45, 7) is 6.50. The molecule has 0 heterocycles. The number of rotatable bonds is 6. The molecule has 0 saturated carbocycles. The minimum absolute atomic E-state index is 0.506. The molecular weight excluding hydrogens is 236 g/mol. The zero-order chi connectivity index (χ0) is 12.9. The van der Waals surface area contributed by atoms with Crippen molar-refractivity contribution in [3.63, 3.8) is 0 Å². The Balaban J connectivity index is 2.77. The van der Waals surface area contributed by atoms with Crippen molar-refractivity contribution in [3.05, 3.63) is 34.9 Å². The SMILES string of the molecule is CCOC(C)(CC)C(O)Cc1ccccc1Cl. The van der Waals surface area contributed by atoms with Crippen LogP contribution in [0.3, 0.4) is 0 Å². The van der Waals surface area contributed by atoms with Gasteiger partial charge in [0, 0.05) is 18.1 Å². The smallest absolute Gasteiger partial charge is 0.0912 e. The van der Waals surface area contributed by atoms with Gasteiger partial charge in [-0.25, -0.2) is 0 Å². The minimum Gasteiger partial charge on any atom is -0.390 e. The summed E-state index contributed by atoms with van der Waals surface area (Å²) in [7, 11) is 0. The van der Waals surface area contributed by atoms with Crippen LogP contribution in [0.5, 0.6) is 0 Å². The summed E-state index contributed by atoms with van der Waals surface area (Å²) < 4.78 is 5.66. The number of halogens is 1. The normalized spacial score (nSPS) is 16.5. The molecule has 2 atom stereocenters. The molecule has 17 heavy (non-hydrogen) atoms. The maximum absolute atomic E-state index is 10.3. The first-order valence-corrected chi connectivity index (χ1v) is 6.46. The average Bonchev–Trinajstić information content (AvgIpc) is 2.32. The average molecular weight is 257 g/mol. The molecule has 1 aromatic rings. The third-order valence-electron chi connectivity index (χ3n) is 3.25. The molecule has 0 bridgehead atoms. The van der Waals surface area contributed by atoms with E-state index in [9.17, 15) is 5.11 Å². The van der Waals surface area contributed by atoms with E-state index in [1.165, 1.54) is 0 Å². The van der Waals surface area contributed by atoms with Crippen molar-refractivity contribution in [2.24, 2.45) is 0 Å². The highest BCUT2D eigenvalue weighted by Crippen LogP contribution is 2.25. The lowest BCUT2D eigenvalue weighted by Crippen LogP contribution is -2.43. The fraction of sp³-hybridized carbons (Fsp3) is 0.571. The molecule has 3 heteroatoms. The van der Waals surface area contributed by atoms with E-state index in [0.29, 0.717) is 18.1 Å². The Morgan fingerprint density at radius 1 is 1.35 bits per heavy atom. The van der Waals surface area contributed by atoms with Crippen molar-refractivity contribution in [3.8, 4) is 0 Å². The third kappa shape index (κ3) is 3.70. The van der Waals surface area contributed by atoms with Gasteiger partial charge in [-0.15, -0.1) is 0 Å². The fourth-order valence-corrected chi connectivity index (χ4v) is 2.06. The number of benzene rings is 1. The van der Waals surface area contributed by atoms with Crippen molar-refractivity contribution in [2.45, 2.75) is 45.3 Å². The van der Waals surface area contributed by atoms with E-state index in [2.05, 4.69) is 0 Å². The molecule has 0 fully saturated rings. The van der Waals surface area contributed by atoms with Gasteiger partial charge in [-0.05, 0) is 31.9 Å². The van der Waals surface area contributed by atoms with E-state index in [4.69, 9.17) is 16.3 Å². The highest BCUT2D eigenvalue weighted by atomic mass is 35.5. The predicted octanol–water partition coefficient (Wildman–Crippen LogP) is 3.45. The quantitative estimate of drug-likeness (QED) is 0.845. The monoisotopic (exact) mass is 256 g/mol. The van der Waals surface area contributed by atoms with Crippen LogP contribution in [0, 0.1) is 0 Å².